The second kappa shape index (κ2) is 6.75. The Labute approximate surface area is 165 Å². The van der Waals surface area contributed by atoms with Crippen LogP contribution in [0, 0.1) is 12.8 Å². The molecule has 0 spiro atoms. The number of rotatable bonds is 6. The molecule has 0 radical (unpaired) electrons. The molecule has 4 aromatic rings. The number of hydrogen-bond donors (Lipinski definition) is 2. The number of pyridine rings is 1. The Morgan fingerprint density at radius 1 is 1.24 bits per heavy atom. The average molecular weight is 397 g/mol. The van der Waals surface area contributed by atoms with Crippen molar-refractivity contribution in [1.29, 1.82) is 0 Å². The van der Waals surface area contributed by atoms with Gasteiger partial charge in [0.05, 0.1) is 12.2 Å². The fourth-order valence-corrected chi connectivity index (χ4v) is 3.73. The van der Waals surface area contributed by atoms with E-state index in [1.807, 2.05) is 12.3 Å². The number of nitrogens with zero attached hydrogens (tertiary/aromatic N) is 5. The molecule has 0 amide bonds. The monoisotopic (exact) mass is 397 g/mol. The minimum Gasteiger partial charge on any atom is -0.351 e. The van der Waals surface area contributed by atoms with E-state index in [1.165, 1.54) is 17.4 Å². The maximum absolute atomic E-state index is 13.0. The molecular weight excluding hydrogens is 376 g/mol. The van der Waals surface area contributed by atoms with Crippen molar-refractivity contribution in [3.63, 3.8) is 0 Å². The van der Waals surface area contributed by atoms with Crippen LogP contribution in [0.1, 0.15) is 25.6 Å². The first-order valence-corrected chi connectivity index (χ1v) is 9.72. The zero-order chi connectivity index (χ0) is 20.1. The van der Waals surface area contributed by atoms with Gasteiger partial charge in [-0.3, -0.25) is 0 Å². The lowest BCUT2D eigenvalue weighted by molar-refractivity contribution is 0.127. The number of aromatic nitrogens is 6. The van der Waals surface area contributed by atoms with E-state index in [2.05, 4.69) is 37.2 Å². The zero-order valence-electron chi connectivity index (χ0n) is 16.2. The molecule has 2 N–H and O–H groups in total. The highest BCUT2D eigenvalue weighted by Gasteiger charge is 2.28. The van der Waals surface area contributed by atoms with E-state index in [-0.39, 0.29) is 0 Å². The van der Waals surface area contributed by atoms with Gasteiger partial charge in [-0.25, -0.2) is 23.7 Å². The summed E-state index contributed by atoms with van der Waals surface area (Å²) in [7, 11) is 0. The molecule has 0 saturated heterocycles. The van der Waals surface area contributed by atoms with E-state index >= 15 is 0 Å². The second-order valence-electron chi connectivity index (χ2n) is 7.63. The summed E-state index contributed by atoms with van der Waals surface area (Å²) in [6.07, 6.45) is 3.62. The van der Waals surface area contributed by atoms with Crippen LogP contribution in [0.15, 0.2) is 24.5 Å². The predicted molar refractivity (Wildman–Crippen MR) is 107 cm³/mol. The first kappa shape index (κ1) is 18.0. The van der Waals surface area contributed by atoms with Crippen LogP contribution in [0.5, 0.6) is 0 Å². The summed E-state index contributed by atoms with van der Waals surface area (Å²) in [6, 6.07) is 4.00. The van der Waals surface area contributed by atoms with E-state index in [0.717, 1.165) is 10.9 Å². The SMILES string of the molecule is Cc1nc2ccc(-c3c[nH]c4nc(NC(C)C5CC5)ncc34)nc2n1CC(F)F. The lowest BCUT2D eigenvalue weighted by Crippen LogP contribution is -2.18. The van der Waals surface area contributed by atoms with Gasteiger partial charge in [0.2, 0.25) is 5.95 Å². The number of alkyl halides is 2. The van der Waals surface area contributed by atoms with Crippen molar-refractivity contribution in [2.45, 2.75) is 45.7 Å². The highest BCUT2D eigenvalue weighted by atomic mass is 19.3. The number of imidazole rings is 1. The number of nitrogens with one attached hydrogen (secondary N) is 2. The van der Waals surface area contributed by atoms with Crippen molar-refractivity contribution in [2.75, 3.05) is 5.32 Å². The molecule has 1 atom stereocenters. The summed E-state index contributed by atoms with van der Waals surface area (Å²) in [5.74, 6) is 1.82. The minimum atomic E-state index is -2.47. The Hall–Kier alpha value is -3.10. The fourth-order valence-electron chi connectivity index (χ4n) is 3.73. The third-order valence-electron chi connectivity index (χ3n) is 5.50. The Kier molecular flexibility index (Phi) is 4.18. The Bertz CT molecular complexity index is 1190. The molecular formula is C20H21F2N7. The molecule has 0 aromatic carbocycles. The van der Waals surface area contributed by atoms with Gasteiger partial charge in [-0.2, -0.15) is 4.98 Å². The molecule has 29 heavy (non-hydrogen) atoms. The normalized spacial score (nSPS) is 15.5. The minimum absolute atomic E-state index is 0.351. The van der Waals surface area contributed by atoms with Crippen LogP contribution in [0.4, 0.5) is 14.7 Å². The summed E-state index contributed by atoms with van der Waals surface area (Å²) >= 11 is 0. The molecule has 150 valence electrons. The van der Waals surface area contributed by atoms with Crippen LogP contribution in [0.2, 0.25) is 0 Å². The molecule has 1 unspecified atom stereocenters. The largest absolute Gasteiger partial charge is 0.351 e. The number of H-pyrrole nitrogens is 1. The first-order chi connectivity index (χ1) is 14.0. The van der Waals surface area contributed by atoms with Crippen molar-refractivity contribution in [1.82, 2.24) is 29.5 Å². The van der Waals surface area contributed by atoms with E-state index in [0.29, 0.717) is 46.2 Å². The van der Waals surface area contributed by atoms with E-state index in [4.69, 9.17) is 0 Å². The van der Waals surface area contributed by atoms with Crippen molar-refractivity contribution in [3.05, 3.63) is 30.4 Å². The predicted octanol–water partition coefficient (Wildman–Crippen LogP) is 4.15. The van der Waals surface area contributed by atoms with Crippen LogP contribution in [-0.2, 0) is 6.54 Å². The van der Waals surface area contributed by atoms with Crippen molar-refractivity contribution in [3.8, 4) is 11.3 Å². The van der Waals surface area contributed by atoms with Crippen molar-refractivity contribution >= 4 is 28.1 Å². The van der Waals surface area contributed by atoms with Crippen molar-refractivity contribution < 1.29 is 8.78 Å². The third-order valence-corrected chi connectivity index (χ3v) is 5.50. The molecule has 1 saturated carbocycles. The Balaban J connectivity index is 1.52. The molecule has 4 heterocycles. The second-order valence-corrected chi connectivity index (χ2v) is 7.63. The summed E-state index contributed by atoms with van der Waals surface area (Å²) < 4.78 is 27.4. The molecule has 1 aliphatic rings. The molecule has 5 rings (SSSR count). The quantitative estimate of drug-likeness (QED) is 0.511. The Morgan fingerprint density at radius 2 is 2.07 bits per heavy atom. The average Bonchev–Trinajstić information content (AvgIpc) is 3.40. The van der Waals surface area contributed by atoms with E-state index in [9.17, 15) is 8.78 Å². The number of halogens is 2. The fraction of sp³-hybridized carbons (Fsp3) is 0.400. The number of anilines is 1. The number of fused-ring (bicyclic) bond motifs is 2. The van der Waals surface area contributed by atoms with Gasteiger partial charge < -0.3 is 14.9 Å². The van der Waals surface area contributed by atoms with Crippen LogP contribution in [-0.4, -0.2) is 42.0 Å². The topological polar surface area (TPSA) is 84.3 Å². The smallest absolute Gasteiger partial charge is 0.256 e. The summed E-state index contributed by atoms with van der Waals surface area (Å²) in [5.41, 5.74) is 3.25. The molecule has 7 nitrogen and oxygen atoms in total. The van der Waals surface area contributed by atoms with Gasteiger partial charge in [0.15, 0.2) is 5.65 Å². The molecule has 0 bridgehead atoms. The molecule has 4 aromatic heterocycles. The zero-order valence-corrected chi connectivity index (χ0v) is 16.2. The molecule has 1 aliphatic carbocycles. The van der Waals surface area contributed by atoms with Crippen LogP contribution in [0.25, 0.3) is 33.5 Å². The lowest BCUT2D eigenvalue weighted by Gasteiger charge is -2.12. The third kappa shape index (κ3) is 3.30. The Morgan fingerprint density at radius 3 is 2.83 bits per heavy atom. The number of hydrogen-bond acceptors (Lipinski definition) is 5. The highest BCUT2D eigenvalue weighted by Crippen LogP contribution is 2.34. The van der Waals surface area contributed by atoms with E-state index in [1.54, 1.807) is 19.2 Å². The van der Waals surface area contributed by atoms with Crippen LogP contribution < -0.4 is 5.32 Å². The number of aromatic amines is 1. The van der Waals surface area contributed by atoms with Crippen molar-refractivity contribution in [2.24, 2.45) is 5.92 Å². The van der Waals surface area contributed by atoms with Gasteiger partial charge in [-0.15, -0.1) is 0 Å². The lowest BCUT2D eigenvalue weighted by atomic mass is 10.1. The van der Waals surface area contributed by atoms with Gasteiger partial charge in [-0.05, 0) is 44.7 Å². The summed E-state index contributed by atoms with van der Waals surface area (Å²) in [5, 5.41) is 4.19. The van der Waals surface area contributed by atoms with E-state index < -0.39 is 13.0 Å². The van der Waals surface area contributed by atoms with Crippen LogP contribution >= 0.6 is 0 Å². The van der Waals surface area contributed by atoms with Gasteiger partial charge in [0.1, 0.15) is 17.0 Å². The van der Waals surface area contributed by atoms with Crippen LogP contribution in [0.3, 0.4) is 0 Å². The number of aryl methyl sites for hydroxylation is 1. The standard InChI is InChI=1S/C20H21F2N7/c1-10(12-3-4-12)25-20-24-8-14-13(7-23-18(14)28-20)15-5-6-16-19(27-15)29(9-17(21)22)11(2)26-16/h5-8,10,12,17H,3-4,9H2,1-2H3,(H2,23,24,25,28). The van der Waals surface area contributed by atoms with Gasteiger partial charge in [0.25, 0.3) is 6.43 Å². The maximum Gasteiger partial charge on any atom is 0.256 e. The molecule has 0 aliphatic heterocycles. The summed E-state index contributed by atoms with van der Waals surface area (Å²) in [6.45, 7) is 3.43. The highest BCUT2D eigenvalue weighted by molar-refractivity contribution is 5.93. The van der Waals surface area contributed by atoms with Gasteiger partial charge in [-0.1, -0.05) is 0 Å². The first-order valence-electron chi connectivity index (χ1n) is 9.72. The summed E-state index contributed by atoms with van der Waals surface area (Å²) in [4.78, 5) is 21.2. The van der Waals surface area contributed by atoms with Gasteiger partial charge >= 0.3 is 0 Å². The molecule has 1 fully saturated rings. The molecule has 9 heteroatoms. The van der Waals surface area contributed by atoms with Gasteiger partial charge in [0, 0.05) is 29.4 Å². The maximum atomic E-state index is 13.0.